The van der Waals surface area contributed by atoms with Gasteiger partial charge in [0, 0.05) is 26.3 Å². The number of hydrogen-bond acceptors (Lipinski definition) is 9. The molecule has 5 heterocycles. The summed E-state index contributed by atoms with van der Waals surface area (Å²) >= 11 is 0. The number of benzene rings is 1. The molecule has 4 aromatic rings. The number of nitrogens with one attached hydrogen (secondary N) is 1. The van der Waals surface area contributed by atoms with Gasteiger partial charge in [0.1, 0.15) is 23.0 Å². The predicted octanol–water partition coefficient (Wildman–Crippen LogP) is 4.41. The molecule has 1 N–H and O–H groups in total. The van der Waals surface area contributed by atoms with Crippen molar-refractivity contribution in [3.63, 3.8) is 0 Å². The summed E-state index contributed by atoms with van der Waals surface area (Å²) in [4.78, 5) is 26.5. The number of pyridine rings is 3. The Bertz CT molecular complexity index is 1920. The number of hydrogen-bond donors (Lipinski definition) is 1. The summed E-state index contributed by atoms with van der Waals surface area (Å²) in [7, 11) is -5.03. The van der Waals surface area contributed by atoms with Crippen molar-refractivity contribution in [1.29, 1.82) is 0 Å². The fourth-order valence-electron chi connectivity index (χ4n) is 4.47. The molecule has 6 rings (SSSR count). The first-order chi connectivity index (χ1) is 20.8. The molecule has 0 saturated carbocycles. The third kappa shape index (κ3) is 5.04. The molecule has 42 heavy (non-hydrogen) atoms. The fraction of sp³-hybridized carbons (Fsp3) is 0.259. The molecule has 1 atom stereocenters. The van der Waals surface area contributed by atoms with Crippen LogP contribution in [0.2, 0.25) is 0 Å². The van der Waals surface area contributed by atoms with Gasteiger partial charge in [-0.2, -0.15) is 0 Å². The van der Waals surface area contributed by atoms with Crippen molar-refractivity contribution < 1.29 is 43.0 Å². The Morgan fingerprint density at radius 2 is 1.98 bits per heavy atom. The van der Waals surface area contributed by atoms with Gasteiger partial charge in [0.2, 0.25) is 15.3 Å². The lowest BCUT2D eigenvalue weighted by atomic mass is 10.2. The first kappa shape index (κ1) is 25.2. The molecule has 0 spiro atoms. The minimum absolute atomic E-state index is 0.193. The summed E-state index contributed by atoms with van der Waals surface area (Å²) in [6.45, 7) is -0.676. The van der Waals surface area contributed by atoms with Crippen LogP contribution < -0.4 is 19.7 Å². The number of nitrogens with zero attached hydrogens (tertiary/aromatic N) is 4. The molecule has 0 fully saturated rings. The van der Waals surface area contributed by atoms with Crippen molar-refractivity contribution in [3.8, 4) is 11.5 Å². The maximum Gasteiger partial charge on any atom is 0.280 e. The lowest BCUT2D eigenvalue weighted by Crippen LogP contribution is -2.30. The maximum absolute atomic E-state index is 14.8. The lowest BCUT2D eigenvalue weighted by Gasteiger charge is -2.29. The van der Waals surface area contributed by atoms with E-state index in [2.05, 4.69) is 20.3 Å². The third-order valence-electron chi connectivity index (χ3n) is 6.55. The molecule has 3 aromatic heterocycles. The summed E-state index contributed by atoms with van der Waals surface area (Å²) < 4.78 is 107. The van der Waals surface area contributed by atoms with Gasteiger partial charge in [0.15, 0.2) is 23.1 Å². The smallest absolute Gasteiger partial charge is 0.280 e. The SMILES string of the molecule is [2H]C1([2H])COc2c(F)cc(C(=O)NCc3cc4nc(N5CCOc6ccc(C(F)F)nc65)ccc4cn3)cc2S(=O)(=O)[C@H]1F. The van der Waals surface area contributed by atoms with E-state index in [9.17, 15) is 30.8 Å². The van der Waals surface area contributed by atoms with E-state index in [1.807, 2.05) is 0 Å². The van der Waals surface area contributed by atoms with E-state index >= 15 is 0 Å². The molecule has 1 amide bonds. The van der Waals surface area contributed by atoms with Crippen LogP contribution in [0.4, 0.5) is 29.2 Å². The van der Waals surface area contributed by atoms with Crippen LogP contribution in [-0.2, 0) is 16.4 Å². The second kappa shape index (κ2) is 10.7. The van der Waals surface area contributed by atoms with E-state index in [0.717, 1.165) is 6.07 Å². The van der Waals surface area contributed by atoms with Crippen LogP contribution in [0.5, 0.6) is 11.5 Å². The number of alkyl halides is 3. The predicted molar refractivity (Wildman–Crippen MR) is 141 cm³/mol. The second-order valence-corrected chi connectivity index (χ2v) is 11.2. The van der Waals surface area contributed by atoms with Crippen molar-refractivity contribution >= 4 is 38.3 Å². The zero-order valence-corrected chi connectivity index (χ0v) is 22.2. The van der Waals surface area contributed by atoms with E-state index in [1.165, 1.54) is 18.3 Å². The minimum Gasteiger partial charge on any atom is -0.489 e. The van der Waals surface area contributed by atoms with Crippen LogP contribution in [0.15, 0.2) is 53.6 Å². The summed E-state index contributed by atoms with van der Waals surface area (Å²) in [5.74, 6) is -2.14. The highest BCUT2D eigenvalue weighted by Gasteiger charge is 2.35. The molecule has 218 valence electrons. The van der Waals surface area contributed by atoms with E-state index in [0.29, 0.717) is 40.8 Å². The van der Waals surface area contributed by atoms with Gasteiger partial charge in [-0.25, -0.2) is 35.9 Å². The Balaban J connectivity index is 1.24. The molecule has 1 aromatic carbocycles. The number of carbonyl (C=O) groups is 1. The summed E-state index contributed by atoms with van der Waals surface area (Å²) in [6.07, 6.45) is -4.22. The van der Waals surface area contributed by atoms with Crippen molar-refractivity contribution in [2.45, 2.75) is 29.7 Å². The van der Waals surface area contributed by atoms with Gasteiger partial charge in [-0.15, -0.1) is 0 Å². The zero-order chi connectivity index (χ0) is 31.4. The molecule has 2 aliphatic rings. The number of halogens is 4. The maximum atomic E-state index is 14.8. The average molecular weight is 606 g/mol. The van der Waals surface area contributed by atoms with Gasteiger partial charge in [-0.3, -0.25) is 9.78 Å². The van der Waals surface area contributed by atoms with Crippen LogP contribution in [0.3, 0.4) is 0 Å². The minimum atomic E-state index is -5.03. The Labute approximate surface area is 239 Å². The zero-order valence-electron chi connectivity index (χ0n) is 23.4. The van der Waals surface area contributed by atoms with Crippen LogP contribution in [0.1, 0.15) is 37.3 Å². The highest BCUT2D eigenvalue weighted by Crippen LogP contribution is 2.37. The van der Waals surface area contributed by atoms with Gasteiger partial charge in [-0.05, 0) is 42.5 Å². The summed E-state index contributed by atoms with van der Waals surface area (Å²) in [5, 5.41) is 3.11. The van der Waals surface area contributed by atoms with Crippen molar-refractivity contribution in [1.82, 2.24) is 20.3 Å². The molecule has 0 aliphatic carbocycles. The standard InChI is InChI=1S/C27H21F4N5O5S/c28-17-9-15(10-21-24(17)41-7-5-22(29)42(21,38)39)27(37)33-13-16-11-19-14(12-32-16)1-4-23(34-19)36-6-8-40-20-3-2-18(25(30)31)35-26(20)36/h1-4,9-12,22,25H,5-8,13H2,(H,33,37)/t22-/m1/s1/i5D2. The number of anilines is 2. The Kier molecular flexibility index (Phi) is 6.42. The number of rotatable bonds is 5. The van der Waals surface area contributed by atoms with E-state index in [-0.39, 0.29) is 19.0 Å². The first-order valence-corrected chi connectivity index (χ1v) is 14.0. The molecule has 2 aliphatic heterocycles. The molecule has 10 nitrogen and oxygen atoms in total. The molecule has 0 radical (unpaired) electrons. The average Bonchev–Trinajstić information content (AvgIpc) is 3.07. The van der Waals surface area contributed by atoms with Crippen LogP contribution in [0.25, 0.3) is 10.9 Å². The van der Waals surface area contributed by atoms with Crippen LogP contribution >= 0.6 is 0 Å². The molecule has 15 heteroatoms. The molecule has 0 saturated heterocycles. The quantitative estimate of drug-likeness (QED) is 0.330. The first-order valence-electron chi connectivity index (χ1n) is 13.4. The highest BCUT2D eigenvalue weighted by molar-refractivity contribution is 7.92. The second-order valence-electron chi connectivity index (χ2n) is 9.22. The summed E-state index contributed by atoms with van der Waals surface area (Å²) in [5.41, 5.74) is -3.15. The third-order valence-corrected chi connectivity index (χ3v) is 8.17. The Hall–Kier alpha value is -4.53. The number of carbonyl (C=O) groups excluding carboxylic acids is 1. The Morgan fingerprint density at radius 3 is 2.79 bits per heavy atom. The van der Waals surface area contributed by atoms with Gasteiger partial charge in [-0.1, -0.05) is 0 Å². The van der Waals surface area contributed by atoms with Crippen molar-refractivity contribution in [2.75, 3.05) is 24.7 Å². The number of ether oxygens (including phenoxy) is 2. The van der Waals surface area contributed by atoms with Gasteiger partial charge >= 0.3 is 0 Å². The molecular weight excluding hydrogens is 582 g/mol. The lowest BCUT2D eigenvalue weighted by molar-refractivity contribution is 0.0949. The van der Waals surface area contributed by atoms with Crippen LogP contribution in [-0.4, -0.2) is 54.5 Å². The van der Waals surface area contributed by atoms with E-state index in [4.69, 9.17) is 12.2 Å². The number of sulfone groups is 1. The van der Waals surface area contributed by atoms with Crippen LogP contribution in [0, 0.1) is 5.82 Å². The van der Waals surface area contributed by atoms with E-state index < -0.39 is 68.4 Å². The van der Waals surface area contributed by atoms with Gasteiger partial charge < -0.3 is 19.7 Å². The number of aromatic nitrogens is 3. The molecular formula is C27H21F4N5O5S. The highest BCUT2D eigenvalue weighted by atomic mass is 32.2. The van der Waals surface area contributed by atoms with Crippen molar-refractivity contribution in [2.24, 2.45) is 0 Å². The Morgan fingerprint density at radius 1 is 1.14 bits per heavy atom. The molecule has 0 unspecified atom stereocenters. The largest absolute Gasteiger partial charge is 0.489 e. The number of amides is 1. The molecule has 0 bridgehead atoms. The monoisotopic (exact) mass is 605 g/mol. The van der Waals surface area contributed by atoms with Crippen molar-refractivity contribution in [3.05, 3.63) is 71.4 Å². The van der Waals surface area contributed by atoms with Gasteiger partial charge in [0.05, 0.1) is 30.9 Å². The fourth-order valence-corrected chi connectivity index (χ4v) is 5.69. The topological polar surface area (TPSA) is 124 Å². The normalized spacial score (nSPS) is 19.5. The number of fused-ring (bicyclic) bond motifs is 3. The summed E-state index contributed by atoms with van der Waals surface area (Å²) in [6, 6.07) is 9.01. The van der Waals surface area contributed by atoms with Gasteiger partial charge in [0.25, 0.3) is 12.3 Å². The van der Waals surface area contributed by atoms with E-state index in [1.54, 1.807) is 23.1 Å².